The van der Waals surface area contributed by atoms with Gasteiger partial charge in [-0.2, -0.15) is 0 Å². The smallest absolute Gasteiger partial charge is 0.135 e. The Kier molecular flexibility index (Phi) is 5.82. The fourth-order valence-electron chi connectivity index (χ4n) is 1.76. The minimum atomic E-state index is 0.179. The summed E-state index contributed by atoms with van der Waals surface area (Å²) in [6, 6.07) is 10.00. The minimum absolute atomic E-state index is 0.179. The van der Waals surface area contributed by atoms with Crippen LogP contribution in [0.1, 0.15) is 18.7 Å². The highest BCUT2D eigenvalue weighted by Crippen LogP contribution is 2.30. The molecule has 1 heterocycles. The van der Waals surface area contributed by atoms with Crippen LogP contribution in [0, 0.1) is 0 Å². The summed E-state index contributed by atoms with van der Waals surface area (Å²) >= 11 is 11.3. The first-order valence-corrected chi connectivity index (χ1v) is 8.21. The molecule has 2 nitrogen and oxygen atoms in total. The molecule has 5 heteroatoms. The van der Waals surface area contributed by atoms with E-state index < -0.39 is 0 Å². The molecule has 1 aromatic heterocycles. The molecule has 102 valence electrons. The summed E-state index contributed by atoms with van der Waals surface area (Å²) in [5, 5.41) is 4.20. The van der Waals surface area contributed by atoms with E-state index in [-0.39, 0.29) is 6.04 Å². The van der Waals surface area contributed by atoms with Gasteiger partial charge in [0.25, 0.3) is 0 Å². The van der Waals surface area contributed by atoms with Gasteiger partial charge in [0.1, 0.15) is 5.76 Å². The average molecular weight is 361 g/mol. The lowest BCUT2D eigenvalue weighted by Gasteiger charge is -2.15. The summed E-state index contributed by atoms with van der Waals surface area (Å²) < 4.78 is 6.55. The van der Waals surface area contributed by atoms with Crippen molar-refractivity contribution in [3.63, 3.8) is 0 Å². The van der Waals surface area contributed by atoms with E-state index in [0.717, 1.165) is 32.4 Å². The number of thioether (sulfide) groups is 1. The first-order valence-electron chi connectivity index (χ1n) is 6.05. The van der Waals surface area contributed by atoms with Crippen LogP contribution in [-0.2, 0) is 0 Å². The topological polar surface area (TPSA) is 25.2 Å². The maximum absolute atomic E-state index is 5.99. The maximum Gasteiger partial charge on any atom is 0.135 e. The lowest BCUT2D eigenvalue weighted by atomic mass is 10.2. The maximum atomic E-state index is 5.99. The predicted octanol–water partition coefficient (Wildman–Crippen LogP) is 5.14. The Morgan fingerprint density at radius 2 is 2.26 bits per heavy atom. The van der Waals surface area contributed by atoms with Gasteiger partial charge in [-0.1, -0.05) is 24.6 Å². The summed E-state index contributed by atoms with van der Waals surface area (Å²) in [5.74, 6) is 1.83. The zero-order valence-corrected chi connectivity index (χ0v) is 13.7. The molecule has 0 saturated carbocycles. The van der Waals surface area contributed by atoms with Crippen LogP contribution in [0.4, 0.5) is 0 Å². The zero-order valence-electron chi connectivity index (χ0n) is 10.5. The summed E-state index contributed by atoms with van der Waals surface area (Å²) in [6.45, 7) is 2.99. The fraction of sp³-hybridized carbons (Fsp3) is 0.286. The summed E-state index contributed by atoms with van der Waals surface area (Å²) in [4.78, 5) is 1.16. The van der Waals surface area contributed by atoms with Crippen LogP contribution in [0.5, 0.6) is 0 Å². The molecule has 0 aliphatic heterocycles. The Labute approximate surface area is 131 Å². The van der Waals surface area contributed by atoms with E-state index in [2.05, 4.69) is 34.2 Å². The molecule has 2 rings (SSSR count). The summed E-state index contributed by atoms with van der Waals surface area (Å²) in [5.41, 5.74) is 0. The third kappa shape index (κ3) is 4.28. The van der Waals surface area contributed by atoms with Crippen molar-refractivity contribution < 1.29 is 4.42 Å². The first-order chi connectivity index (χ1) is 9.20. The number of rotatable bonds is 6. The lowest BCUT2D eigenvalue weighted by molar-refractivity contribution is 0.438. The van der Waals surface area contributed by atoms with Crippen LogP contribution in [0.25, 0.3) is 0 Å². The molecule has 19 heavy (non-hydrogen) atoms. The predicted molar refractivity (Wildman–Crippen MR) is 85.0 cm³/mol. The van der Waals surface area contributed by atoms with Crippen molar-refractivity contribution in [3.05, 3.63) is 51.9 Å². The van der Waals surface area contributed by atoms with Crippen LogP contribution in [0.3, 0.4) is 0 Å². The normalized spacial score (nSPS) is 12.6. The van der Waals surface area contributed by atoms with E-state index in [1.165, 1.54) is 0 Å². The molecule has 0 bridgehead atoms. The fourth-order valence-corrected chi connectivity index (χ4v) is 3.51. The Morgan fingerprint density at radius 1 is 1.42 bits per heavy atom. The van der Waals surface area contributed by atoms with Crippen molar-refractivity contribution in [1.29, 1.82) is 0 Å². The highest BCUT2D eigenvalue weighted by Gasteiger charge is 2.17. The van der Waals surface area contributed by atoms with E-state index >= 15 is 0 Å². The van der Waals surface area contributed by atoms with Gasteiger partial charge in [0.2, 0.25) is 0 Å². The SMILES string of the molecule is CCNC(CSc1cccc(Cl)c1)c1occc1Br. The van der Waals surface area contributed by atoms with Gasteiger partial charge in [0.05, 0.1) is 16.8 Å². The molecule has 1 aromatic carbocycles. The molecular formula is C14H15BrClNOS. The Morgan fingerprint density at radius 3 is 2.89 bits per heavy atom. The number of hydrogen-bond donors (Lipinski definition) is 1. The summed E-state index contributed by atoms with van der Waals surface area (Å²) in [6.07, 6.45) is 1.70. The molecule has 0 saturated heterocycles. The van der Waals surface area contributed by atoms with Gasteiger partial charge in [-0.25, -0.2) is 0 Å². The molecule has 0 spiro atoms. The molecule has 1 N–H and O–H groups in total. The molecule has 0 fully saturated rings. The Bertz CT molecular complexity index is 532. The van der Waals surface area contributed by atoms with Crippen LogP contribution in [-0.4, -0.2) is 12.3 Å². The molecule has 0 radical (unpaired) electrons. The molecule has 0 amide bonds. The second kappa shape index (κ2) is 7.39. The van der Waals surface area contributed by atoms with Crippen LogP contribution < -0.4 is 5.32 Å². The van der Waals surface area contributed by atoms with Crippen molar-refractivity contribution in [3.8, 4) is 0 Å². The van der Waals surface area contributed by atoms with Gasteiger partial charge in [-0.3, -0.25) is 0 Å². The largest absolute Gasteiger partial charge is 0.466 e. The third-order valence-corrected chi connectivity index (χ3v) is 4.60. The number of halogens is 2. The van der Waals surface area contributed by atoms with Crippen molar-refractivity contribution in [1.82, 2.24) is 5.32 Å². The molecule has 2 aromatic rings. The Balaban J connectivity index is 2.04. The number of furan rings is 1. The van der Waals surface area contributed by atoms with E-state index in [1.54, 1.807) is 18.0 Å². The number of hydrogen-bond acceptors (Lipinski definition) is 3. The van der Waals surface area contributed by atoms with Gasteiger partial charge in [-0.05, 0) is 46.7 Å². The highest BCUT2D eigenvalue weighted by molar-refractivity contribution is 9.10. The van der Waals surface area contributed by atoms with Crippen molar-refractivity contribution in [2.24, 2.45) is 0 Å². The number of nitrogens with one attached hydrogen (secondary N) is 1. The molecular weight excluding hydrogens is 346 g/mol. The van der Waals surface area contributed by atoms with E-state index in [9.17, 15) is 0 Å². The van der Waals surface area contributed by atoms with E-state index in [0.29, 0.717) is 0 Å². The van der Waals surface area contributed by atoms with Crippen molar-refractivity contribution in [2.45, 2.75) is 17.9 Å². The number of benzene rings is 1. The molecule has 0 aliphatic carbocycles. The van der Waals surface area contributed by atoms with Crippen LogP contribution >= 0.6 is 39.3 Å². The second-order valence-corrected chi connectivity index (χ2v) is 6.40. The molecule has 1 atom stereocenters. The van der Waals surface area contributed by atoms with Crippen molar-refractivity contribution >= 4 is 39.3 Å². The standard InChI is InChI=1S/C14H15BrClNOS/c1-2-17-13(14-12(15)6-7-18-14)9-19-11-5-3-4-10(16)8-11/h3-8,13,17H,2,9H2,1H3. The molecule has 1 unspecified atom stereocenters. The van der Waals surface area contributed by atoms with E-state index in [4.69, 9.17) is 16.0 Å². The van der Waals surface area contributed by atoms with Gasteiger partial charge in [0.15, 0.2) is 0 Å². The summed E-state index contributed by atoms with van der Waals surface area (Å²) in [7, 11) is 0. The highest BCUT2D eigenvalue weighted by atomic mass is 79.9. The van der Waals surface area contributed by atoms with Gasteiger partial charge in [-0.15, -0.1) is 11.8 Å². The minimum Gasteiger partial charge on any atom is -0.466 e. The van der Waals surface area contributed by atoms with Gasteiger partial charge in [0, 0.05) is 15.7 Å². The van der Waals surface area contributed by atoms with E-state index in [1.807, 2.05) is 24.3 Å². The van der Waals surface area contributed by atoms with Crippen molar-refractivity contribution in [2.75, 3.05) is 12.3 Å². The van der Waals surface area contributed by atoms with Gasteiger partial charge >= 0.3 is 0 Å². The second-order valence-electron chi connectivity index (χ2n) is 4.01. The molecule has 0 aliphatic rings. The zero-order chi connectivity index (χ0) is 13.7. The first kappa shape index (κ1) is 15.0. The average Bonchev–Trinajstić information content (AvgIpc) is 2.81. The Hall–Kier alpha value is -0.420. The quantitative estimate of drug-likeness (QED) is 0.722. The van der Waals surface area contributed by atoms with Gasteiger partial charge < -0.3 is 9.73 Å². The van der Waals surface area contributed by atoms with Crippen LogP contribution in [0.15, 0.2) is 50.4 Å². The lowest BCUT2D eigenvalue weighted by Crippen LogP contribution is -2.22. The third-order valence-electron chi connectivity index (χ3n) is 2.62. The monoisotopic (exact) mass is 359 g/mol. The van der Waals surface area contributed by atoms with Crippen LogP contribution in [0.2, 0.25) is 5.02 Å².